The Labute approximate surface area is 69.3 Å². The van der Waals surface area contributed by atoms with E-state index >= 15 is 0 Å². The van der Waals surface area contributed by atoms with E-state index in [1.807, 2.05) is 0 Å². The molecular weight excluding hydrogens is 166 g/mol. The van der Waals surface area contributed by atoms with Crippen LogP contribution in [0, 0.1) is 0 Å². The summed E-state index contributed by atoms with van der Waals surface area (Å²) in [6.07, 6.45) is 1.49. The van der Waals surface area contributed by atoms with E-state index in [0.717, 1.165) is 0 Å². The summed E-state index contributed by atoms with van der Waals surface area (Å²) in [7, 11) is 0. The fourth-order valence-electron chi connectivity index (χ4n) is 0.812. The Hall–Kier alpha value is -0.640. The third kappa shape index (κ3) is 1.68. The van der Waals surface area contributed by atoms with Crippen LogP contribution in [0.5, 0.6) is 0 Å². The first-order valence-corrected chi connectivity index (χ1v) is 3.51. The van der Waals surface area contributed by atoms with Gasteiger partial charge in [-0.15, -0.1) is 0 Å². The molecule has 0 aromatic carbocycles. The molecular formula is C7H8ClNO2. The van der Waals surface area contributed by atoms with E-state index in [4.69, 9.17) is 21.8 Å². The summed E-state index contributed by atoms with van der Waals surface area (Å²) in [5, 5.41) is 18.0. The van der Waals surface area contributed by atoms with Crippen LogP contribution in [-0.4, -0.2) is 15.2 Å². The van der Waals surface area contributed by atoms with Crippen molar-refractivity contribution in [2.75, 3.05) is 0 Å². The Morgan fingerprint density at radius 3 is 2.55 bits per heavy atom. The van der Waals surface area contributed by atoms with Gasteiger partial charge < -0.3 is 10.2 Å². The van der Waals surface area contributed by atoms with Gasteiger partial charge in [0.05, 0.1) is 18.9 Å². The lowest BCUT2D eigenvalue weighted by atomic mass is 10.2. The molecule has 0 aliphatic rings. The van der Waals surface area contributed by atoms with Gasteiger partial charge in [0, 0.05) is 16.8 Å². The van der Waals surface area contributed by atoms with Gasteiger partial charge in [-0.3, -0.25) is 4.98 Å². The van der Waals surface area contributed by atoms with Crippen molar-refractivity contribution >= 4 is 11.6 Å². The van der Waals surface area contributed by atoms with E-state index in [0.29, 0.717) is 16.3 Å². The van der Waals surface area contributed by atoms with Crippen LogP contribution in [0.2, 0.25) is 5.02 Å². The number of aliphatic hydroxyl groups is 2. The minimum absolute atomic E-state index is 0.192. The van der Waals surface area contributed by atoms with Crippen molar-refractivity contribution < 1.29 is 10.2 Å². The molecule has 60 valence electrons. The number of aliphatic hydroxyl groups excluding tert-OH is 2. The van der Waals surface area contributed by atoms with E-state index in [2.05, 4.69) is 4.98 Å². The highest BCUT2D eigenvalue weighted by atomic mass is 35.5. The molecule has 0 aliphatic heterocycles. The van der Waals surface area contributed by atoms with E-state index in [1.165, 1.54) is 6.20 Å². The summed E-state index contributed by atoms with van der Waals surface area (Å²) in [5.74, 6) is 0. The van der Waals surface area contributed by atoms with Crippen molar-refractivity contribution in [3.05, 3.63) is 28.5 Å². The number of hydrogen-bond donors (Lipinski definition) is 2. The number of aromatic nitrogens is 1. The zero-order valence-corrected chi connectivity index (χ0v) is 6.54. The highest BCUT2D eigenvalue weighted by Crippen LogP contribution is 2.17. The van der Waals surface area contributed by atoms with Crippen LogP contribution in [0.15, 0.2) is 12.3 Å². The molecule has 0 spiro atoms. The van der Waals surface area contributed by atoms with E-state index in [1.54, 1.807) is 6.07 Å². The van der Waals surface area contributed by atoms with Gasteiger partial charge >= 0.3 is 0 Å². The lowest BCUT2D eigenvalue weighted by Gasteiger charge is -2.03. The zero-order valence-electron chi connectivity index (χ0n) is 5.79. The molecule has 0 fully saturated rings. The second kappa shape index (κ2) is 3.67. The standard InChI is InChI=1S/C7H8ClNO2/c8-6-1-2-9-7(4-11)5(6)3-10/h1-2,10-11H,3-4H2. The minimum atomic E-state index is -0.198. The van der Waals surface area contributed by atoms with Crippen LogP contribution in [0.1, 0.15) is 11.3 Å². The number of rotatable bonds is 2. The highest BCUT2D eigenvalue weighted by molar-refractivity contribution is 6.31. The summed E-state index contributed by atoms with van der Waals surface area (Å²) < 4.78 is 0. The third-order valence-corrected chi connectivity index (χ3v) is 1.75. The predicted octanol–water partition coefficient (Wildman–Crippen LogP) is 0.720. The molecule has 0 unspecified atom stereocenters. The largest absolute Gasteiger partial charge is 0.392 e. The first kappa shape index (κ1) is 8.46. The summed E-state index contributed by atoms with van der Waals surface area (Å²) in [5.41, 5.74) is 0.927. The maximum absolute atomic E-state index is 8.79. The van der Waals surface area contributed by atoms with Crippen molar-refractivity contribution in [2.45, 2.75) is 13.2 Å². The minimum Gasteiger partial charge on any atom is -0.392 e. The summed E-state index contributed by atoms with van der Waals surface area (Å²) >= 11 is 5.70. The smallest absolute Gasteiger partial charge is 0.0857 e. The molecule has 0 radical (unpaired) electrons. The average Bonchev–Trinajstić information content (AvgIpc) is 2.04. The summed E-state index contributed by atoms with van der Waals surface area (Å²) in [4.78, 5) is 3.83. The second-order valence-electron chi connectivity index (χ2n) is 2.03. The van der Waals surface area contributed by atoms with Gasteiger partial charge in [0.25, 0.3) is 0 Å². The summed E-state index contributed by atoms with van der Waals surface area (Å²) in [6.45, 7) is -0.390. The first-order valence-electron chi connectivity index (χ1n) is 3.13. The van der Waals surface area contributed by atoms with Crippen LogP contribution < -0.4 is 0 Å². The number of nitrogens with zero attached hydrogens (tertiary/aromatic N) is 1. The fourth-order valence-corrected chi connectivity index (χ4v) is 1.04. The van der Waals surface area contributed by atoms with Crippen LogP contribution in [0.25, 0.3) is 0 Å². The molecule has 4 heteroatoms. The molecule has 0 saturated carbocycles. The van der Waals surface area contributed by atoms with E-state index in [-0.39, 0.29) is 13.2 Å². The van der Waals surface area contributed by atoms with Crippen molar-refractivity contribution in [1.29, 1.82) is 0 Å². The number of pyridine rings is 1. The second-order valence-corrected chi connectivity index (χ2v) is 2.44. The van der Waals surface area contributed by atoms with Gasteiger partial charge in [0.1, 0.15) is 0 Å². The lowest BCUT2D eigenvalue weighted by Crippen LogP contribution is -1.97. The molecule has 0 bridgehead atoms. The molecule has 1 heterocycles. The SMILES string of the molecule is OCc1nccc(Cl)c1CO. The Bertz CT molecular complexity index is 252. The fraction of sp³-hybridized carbons (Fsp3) is 0.286. The van der Waals surface area contributed by atoms with Gasteiger partial charge in [-0.2, -0.15) is 0 Å². The van der Waals surface area contributed by atoms with Crippen molar-refractivity contribution in [1.82, 2.24) is 4.98 Å². The number of halogens is 1. The molecule has 1 aromatic heterocycles. The number of hydrogen-bond acceptors (Lipinski definition) is 3. The van der Waals surface area contributed by atoms with Gasteiger partial charge in [0.15, 0.2) is 0 Å². The summed E-state index contributed by atoms with van der Waals surface area (Å²) in [6, 6.07) is 1.58. The van der Waals surface area contributed by atoms with Gasteiger partial charge in [-0.05, 0) is 6.07 Å². The lowest BCUT2D eigenvalue weighted by molar-refractivity contribution is 0.256. The molecule has 0 atom stereocenters. The molecule has 2 N–H and O–H groups in total. The molecule has 3 nitrogen and oxygen atoms in total. The van der Waals surface area contributed by atoms with Gasteiger partial charge in [-0.1, -0.05) is 11.6 Å². The van der Waals surface area contributed by atoms with E-state index < -0.39 is 0 Å². The molecule has 0 amide bonds. The van der Waals surface area contributed by atoms with Gasteiger partial charge in [-0.25, -0.2) is 0 Å². The van der Waals surface area contributed by atoms with Crippen LogP contribution in [-0.2, 0) is 13.2 Å². The molecule has 0 aliphatic carbocycles. The Kier molecular flexibility index (Phi) is 2.82. The molecule has 1 rings (SSSR count). The van der Waals surface area contributed by atoms with E-state index in [9.17, 15) is 0 Å². The van der Waals surface area contributed by atoms with Crippen molar-refractivity contribution in [3.63, 3.8) is 0 Å². The van der Waals surface area contributed by atoms with Crippen LogP contribution in [0.3, 0.4) is 0 Å². The Morgan fingerprint density at radius 2 is 2.09 bits per heavy atom. The molecule has 1 aromatic rings. The zero-order chi connectivity index (χ0) is 8.27. The topological polar surface area (TPSA) is 53.4 Å². The van der Waals surface area contributed by atoms with Crippen LogP contribution >= 0.6 is 11.6 Å². The monoisotopic (exact) mass is 173 g/mol. The predicted molar refractivity (Wildman–Crippen MR) is 41.1 cm³/mol. The normalized spacial score (nSPS) is 10.1. The average molecular weight is 174 g/mol. The third-order valence-electron chi connectivity index (χ3n) is 1.40. The van der Waals surface area contributed by atoms with Crippen molar-refractivity contribution in [2.24, 2.45) is 0 Å². The van der Waals surface area contributed by atoms with Crippen molar-refractivity contribution in [3.8, 4) is 0 Å². The first-order chi connectivity index (χ1) is 5.29. The maximum Gasteiger partial charge on any atom is 0.0857 e. The Morgan fingerprint density at radius 1 is 1.36 bits per heavy atom. The van der Waals surface area contributed by atoms with Gasteiger partial charge in [0.2, 0.25) is 0 Å². The highest BCUT2D eigenvalue weighted by Gasteiger charge is 2.04. The quantitative estimate of drug-likeness (QED) is 0.693. The van der Waals surface area contributed by atoms with Crippen LogP contribution in [0.4, 0.5) is 0 Å². The molecule has 0 saturated heterocycles. The Balaban J connectivity index is 3.13. The molecule has 11 heavy (non-hydrogen) atoms. The maximum atomic E-state index is 8.79.